The van der Waals surface area contributed by atoms with Crippen molar-refractivity contribution in [2.75, 3.05) is 0 Å². The van der Waals surface area contributed by atoms with Crippen molar-refractivity contribution in [3.8, 4) is 0 Å². The molecule has 0 bridgehead atoms. The molecule has 0 N–H and O–H groups in total. The lowest BCUT2D eigenvalue weighted by atomic mass is 10.2. The molecule has 0 aliphatic carbocycles. The van der Waals surface area contributed by atoms with Gasteiger partial charge in [-0.05, 0) is 23.8 Å². The molecule has 1 aromatic heterocycles. The Morgan fingerprint density at radius 2 is 1.80 bits per heavy atom. The molecular formula is C17H16N2O. The summed E-state index contributed by atoms with van der Waals surface area (Å²) in [6.45, 7) is 4.87. The average Bonchev–Trinajstić information content (AvgIpc) is 2.87. The minimum absolute atomic E-state index is 0.469. The monoisotopic (exact) mass is 264 g/mol. The number of fused-ring (bicyclic) bond motifs is 1. The molecule has 0 amide bonds. The SMILES string of the molecule is C=Cc1nc2ccccc2n1COCc1ccccc1. The van der Waals surface area contributed by atoms with E-state index >= 15 is 0 Å². The minimum Gasteiger partial charge on any atom is -0.356 e. The van der Waals surface area contributed by atoms with Gasteiger partial charge in [0.2, 0.25) is 0 Å². The molecule has 0 aliphatic rings. The zero-order valence-electron chi connectivity index (χ0n) is 11.2. The van der Waals surface area contributed by atoms with Crippen LogP contribution in [0.5, 0.6) is 0 Å². The summed E-state index contributed by atoms with van der Waals surface area (Å²) >= 11 is 0. The van der Waals surface area contributed by atoms with E-state index < -0.39 is 0 Å². The lowest BCUT2D eigenvalue weighted by Gasteiger charge is -2.08. The van der Waals surface area contributed by atoms with Gasteiger partial charge < -0.3 is 9.30 Å². The summed E-state index contributed by atoms with van der Waals surface area (Å²) in [4.78, 5) is 4.52. The number of aromatic nitrogens is 2. The van der Waals surface area contributed by atoms with E-state index in [1.807, 2.05) is 47.0 Å². The van der Waals surface area contributed by atoms with Gasteiger partial charge in [-0.2, -0.15) is 0 Å². The molecule has 3 aromatic rings. The van der Waals surface area contributed by atoms with Crippen molar-refractivity contribution >= 4 is 17.1 Å². The average molecular weight is 264 g/mol. The van der Waals surface area contributed by atoms with E-state index in [2.05, 4.69) is 23.7 Å². The van der Waals surface area contributed by atoms with Gasteiger partial charge in [0.25, 0.3) is 0 Å². The maximum Gasteiger partial charge on any atom is 0.135 e. The zero-order valence-corrected chi connectivity index (χ0v) is 11.2. The Bertz CT molecular complexity index is 716. The van der Waals surface area contributed by atoms with Gasteiger partial charge in [0.05, 0.1) is 17.6 Å². The summed E-state index contributed by atoms with van der Waals surface area (Å²) in [6.07, 6.45) is 1.76. The number of ether oxygens (including phenoxy) is 1. The summed E-state index contributed by atoms with van der Waals surface area (Å²) in [5.74, 6) is 0.833. The van der Waals surface area contributed by atoms with Gasteiger partial charge in [0, 0.05) is 0 Å². The van der Waals surface area contributed by atoms with Crippen LogP contribution in [-0.2, 0) is 18.1 Å². The maximum atomic E-state index is 5.79. The van der Waals surface area contributed by atoms with Crippen molar-refractivity contribution in [2.45, 2.75) is 13.3 Å². The maximum absolute atomic E-state index is 5.79. The quantitative estimate of drug-likeness (QED) is 0.699. The predicted molar refractivity (Wildman–Crippen MR) is 81.1 cm³/mol. The van der Waals surface area contributed by atoms with Crippen LogP contribution in [0.4, 0.5) is 0 Å². The fraction of sp³-hybridized carbons (Fsp3) is 0.118. The molecule has 0 saturated heterocycles. The van der Waals surface area contributed by atoms with Gasteiger partial charge in [-0.3, -0.25) is 0 Å². The highest BCUT2D eigenvalue weighted by Gasteiger charge is 2.07. The van der Waals surface area contributed by atoms with E-state index in [1.54, 1.807) is 6.08 Å². The molecule has 0 radical (unpaired) electrons. The third-order valence-electron chi connectivity index (χ3n) is 3.20. The van der Waals surface area contributed by atoms with Gasteiger partial charge in [-0.1, -0.05) is 49.0 Å². The number of hydrogen-bond acceptors (Lipinski definition) is 2. The van der Waals surface area contributed by atoms with Crippen LogP contribution in [-0.4, -0.2) is 9.55 Å². The number of nitrogens with zero attached hydrogens (tertiary/aromatic N) is 2. The standard InChI is InChI=1S/C17H16N2O/c1-2-17-18-15-10-6-7-11-16(15)19(17)13-20-12-14-8-4-3-5-9-14/h2-11H,1,12-13H2. The molecule has 0 atom stereocenters. The molecular weight excluding hydrogens is 248 g/mol. The van der Waals surface area contributed by atoms with E-state index in [0.717, 1.165) is 22.4 Å². The minimum atomic E-state index is 0.469. The molecule has 1 heterocycles. The summed E-state index contributed by atoms with van der Waals surface area (Å²) in [5.41, 5.74) is 3.19. The van der Waals surface area contributed by atoms with Crippen LogP contribution in [0.3, 0.4) is 0 Å². The second-order valence-electron chi connectivity index (χ2n) is 4.55. The largest absolute Gasteiger partial charge is 0.356 e. The lowest BCUT2D eigenvalue weighted by Crippen LogP contribution is -2.04. The Morgan fingerprint density at radius 3 is 2.60 bits per heavy atom. The highest BCUT2D eigenvalue weighted by Crippen LogP contribution is 2.17. The highest BCUT2D eigenvalue weighted by atomic mass is 16.5. The Balaban J connectivity index is 1.78. The molecule has 2 aromatic carbocycles. The smallest absolute Gasteiger partial charge is 0.135 e. The lowest BCUT2D eigenvalue weighted by molar-refractivity contribution is 0.0660. The predicted octanol–water partition coefficient (Wildman–Crippen LogP) is 3.85. The van der Waals surface area contributed by atoms with Crippen molar-refractivity contribution in [1.29, 1.82) is 0 Å². The second kappa shape index (κ2) is 5.72. The van der Waals surface area contributed by atoms with Crippen molar-refractivity contribution in [2.24, 2.45) is 0 Å². The van der Waals surface area contributed by atoms with Crippen LogP contribution in [0.1, 0.15) is 11.4 Å². The number of hydrogen-bond donors (Lipinski definition) is 0. The van der Waals surface area contributed by atoms with Gasteiger partial charge in [-0.15, -0.1) is 0 Å². The summed E-state index contributed by atoms with van der Waals surface area (Å²) < 4.78 is 7.82. The molecule has 0 aliphatic heterocycles. The van der Waals surface area contributed by atoms with E-state index in [0.29, 0.717) is 13.3 Å². The van der Waals surface area contributed by atoms with Crippen LogP contribution in [0.25, 0.3) is 17.1 Å². The number of benzene rings is 2. The van der Waals surface area contributed by atoms with E-state index in [1.165, 1.54) is 0 Å². The van der Waals surface area contributed by atoms with E-state index in [4.69, 9.17) is 4.74 Å². The van der Waals surface area contributed by atoms with Crippen LogP contribution in [0.2, 0.25) is 0 Å². The molecule has 100 valence electrons. The topological polar surface area (TPSA) is 27.1 Å². The molecule has 0 saturated carbocycles. The summed E-state index contributed by atoms with van der Waals surface area (Å²) in [6, 6.07) is 18.2. The Kier molecular flexibility index (Phi) is 3.61. The first kappa shape index (κ1) is 12.6. The van der Waals surface area contributed by atoms with Gasteiger partial charge >= 0.3 is 0 Å². The molecule has 3 rings (SSSR count). The first-order chi connectivity index (χ1) is 9.88. The van der Waals surface area contributed by atoms with Gasteiger partial charge in [0.15, 0.2) is 0 Å². The first-order valence-corrected chi connectivity index (χ1v) is 6.58. The first-order valence-electron chi connectivity index (χ1n) is 6.58. The molecule has 20 heavy (non-hydrogen) atoms. The van der Waals surface area contributed by atoms with E-state index in [-0.39, 0.29) is 0 Å². The fourth-order valence-electron chi connectivity index (χ4n) is 2.21. The molecule has 0 fully saturated rings. The van der Waals surface area contributed by atoms with Crippen molar-refractivity contribution in [1.82, 2.24) is 9.55 Å². The van der Waals surface area contributed by atoms with Crippen LogP contribution in [0, 0.1) is 0 Å². The number of rotatable bonds is 5. The van der Waals surface area contributed by atoms with Gasteiger partial charge in [0.1, 0.15) is 12.6 Å². The fourth-order valence-corrected chi connectivity index (χ4v) is 2.21. The number of imidazole rings is 1. The third-order valence-corrected chi connectivity index (χ3v) is 3.20. The van der Waals surface area contributed by atoms with Crippen LogP contribution < -0.4 is 0 Å². The van der Waals surface area contributed by atoms with Crippen LogP contribution >= 0.6 is 0 Å². The molecule has 3 nitrogen and oxygen atoms in total. The zero-order chi connectivity index (χ0) is 13.8. The van der Waals surface area contributed by atoms with Gasteiger partial charge in [-0.25, -0.2) is 4.98 Å². The Morgan fingerprint density at radius 1 is 1.05 bits per heavy atom. The van der Waals surface area contributed by atoms with Crippen molar-refractivity contribution in [3.05, 3.63) is 72.6 Å². The summed E-state index contributed by atoms with van der Waals surface area (Å²) in [7, 11) is 0. The third kappa shape index (κ3) is 2.49. The van der Waals surface area contributed by atoms with Crippen molar-refractivity contribution in [3.63, 3.8) is 0 Å². The highest BCUT2D eigenvalue weighted by molar-refractivity contribution is 5.77. The molecule has 0 unspecified atom stereocenters. The summed E-state index contributed by atoms with van der Waals surface area (Å²) in [5, 5.41) is 0. The second-order valence-corrected chi connectivity index (χ2v) is 4.55. The molecule has 3 heteroatoms. The normalized spacial score (nSPS) is 10.8. The van der Waals surface area contributed by atoms with Crippen molar-refractivity contribution < 1.29 is 4.74 Å². The Labute approximate surface area is 118 Å². The van der Waals surface area contributed by atoms with Crippen LogP contribution in [0.15, 0.2) is 61.2 Å². The van der Waals surface area contributed by atoms with E-state index in [9.17, 15) is 0 Å². The molecule has 0 spiro atoms. The Hall–Kier alpha value is -2.39. The number of para-hydroxylation sites is 2.